The Morgan fingerprint density at radius 3 is 2.50 bits per heavy atom. The zero-order chi connectivity index (χ0) is 15.5. The molecule has 3 rings (SSSR count). The SMILES string of the molecule is Cc1ccc2c(c1)=C[C@H](/C=C/c1ccc(N(C)C)cc1)CC=2. The minimum absolute atomic E-state index is 0.489. The van der Waals surface area contributed by atoms with Crippen LogP contribution in [-0.2, 0) is 0 Å². The molecule has 1 heteroatoms. The first-order valence-electron chi connectivity index (χ1n) is 7.86. The fraction of sp³-hybridized carbons (Fsp3) is 0.238. The van der Waals surface area contributed by atoms with Gasteiger partial charge in [0, 0.05) is 19.8 Å². The van der Waals surface area contributed by atoms with Gasteiger partial charge in [-0.15, -0.1) is 0 Å². The first-order chi connectivity index (χ1) is 10.6. The summed E-state index contributed by atoms with van der Waals surface area (Å²) in [5, 5.41) is 2.73. The van der Waals surface area contributed by atoms with Gasteiger partial charge in [0.2, 0.25) is 0 Å². The third-order valence-corrected chi connectivity index (χ3v) is 4.19. The van der Waals surface area contributed by atoms with E-state index in [2.05, 4.69) is 92.7 Å². The highest BCUT2D eigenvalue weighted by atomic mass is 15.1. The van der Waals surface area contributed by atoms with Gasteiger partial charge in [0.15, 0.2) is 0 Å². The van der Waals surface area contributed by atoms with Crippen molar-refractivity contribution in [1.29, 1.82) is 0 Å². The van der Waals surface area contributed by atoms with Crippen molar-refractivity contribution in [3.63, 3.8) is 0 Å². The normalized spacial score (nSPS) is 16.8. The number of allylic oxidation sites excluding steroid dienone is 1. The number of nitrogens with zero attached hydrogens (tertiary/aromatic N) is 1. The smallest absolute Gasteiger partial charge is 0.0361 e. The molecule has 1 aliphatic rings. The van der Waals surface area contributed by atoms with E-state index in [0.29, 0.717) is 5.92 Å². The quantitative estimate of drug-likeness (QED) is 0.837. The molecule has 22 heavy (non-hydrogen) atoms. The fourth-order valence-electron chi connectivity index (χ4n) is 2.84. The zero-order valence-corrected chi connectivity index (χ0v) is 13.6. The molecule has 0 N–H and O–H groups in total. The lowest BCUT2D eigenvalue weighted by Gasteiger charge is -2.12. The molecule has 0 aliphatic heterocycles. The second kappa shape index (κ2) is 6.23. The van der Waals surface area contributed by atoms with Crippen LogP contribution in [0.5, 0.6) is 0 Å². The molecule has 0 spiro atoms. The second-order valence-corrected chi connectivity index (χ2v) is 6.25. The Morgan fingerprint density at radius 1 is 1.00 bits per heavy atom. The maximum absolute atomic E-state index is 2.38. The number of anilines is 1. The Hall–Kier alpha value is -2.28. The number of hydrogen-bond donors (Lipinski definition) is 0. The largest absolute Gasteiger partial charge is 0.378 e. The van der Waals surface area contributed by atoms with E-state index < -0.39 is 0 Å². The van der Waals surface area contributed by atoms with Crippen molar-refractivity contribution in [3.8, 4) is 0 Å². The minimum atomic E-state index is 0.489. The van der Waals surface area contributed by atoms with E-state index in [4.69, 9.17) is 0 Å². The van der Waals surface area contributed by atoms with Gasteiger partial charge < -0.3 is 4.90 Å². The molecule has 1 atom stereocenters. The van der Waals surface area contributed by atoms with Crippen molar-refractivity contribution < 1.29 is 0 Å². The maximum Gasteiger partial charge on any atom is 0.0361 e. The highest BCUT2D eigenvalue weighted by Crippen LogP contribution is 2.16. The summed E-state index contributed by atoms with van der Waals surface area (Å²) in [7, 11) is 4.13. The molecule has 0 amide bonds. The van der Waals surface area contributed by atoms with E-state index in [1.54, 1.807) is 0 Å². The Morgan fingerprint density at radius 2 is 1.77 bits per heavy atom. The number of aryl methyl sites for hydroxylation is 1. The molecular formula is C21H23N. The lowest BCUT2D eigenvalue weighted by atomic mass is 9.95. The summed E-state index contributed by atoms with van der Waals surface area (Å²) in [6.45, 7) is 2.15. The summed E-state index contributed by atoms with van der Waals surface area (Å²) in [6.07, 6.45) is 10.4. The molecule has 2 aromatic carbocycles. The summed E-state index contributed by atoms with van der Waals surface area (Å²) >= 11 is 0. The minimum Gasteiger partial charge on any atom is -0.378 e. The molecule has 1 aliphatic carbocycles. The number of rotatable bonds is 3. The van der Waals surface area contributed by atoms with E-state index in [1.807, 2.05) is 0 Å². The van der Waals surface area contributed by atoms with Crippen LogP contribution in [0.15, 0.2) is 48.5 Å². The predicted octanol–water partition coefficient (Wildman–Crippen LogP) is 3.36. The lowest BCUT2D eigenvalue weighted by Crippen LogP contribution is -2.28. The molecule has 0 fully saturated rings. The van der Waals surface area contributed by atoms with E-state index in [0.717, 1.165) is 6.42 Å². The summed E-state index contributed by atoms with van der Waals surface area (Å²) in [6, 6.07) is 15.4. The van der Waals surface area contributed by atoms with Gasteiger partial charge in [0.1, 0.15) is 0 Å². The first kappa shape index (κ1) is 14.6. The molecule has 2 aromatic rings. The van der Waals surface area contributed by atoms with Gasteiger partial charge in [-0.05, 0) is 47.4 Å². The van der Waals surface area contributed by atoms with Gasteiger partial charge in [-0.3, -0.25) is 0 Å². The van der Waals surface area contributed by atoms with Crippen LogP contribution in [-0.4, -0.2) is 14.1 Å². The van der Waals surface area contributed by atoms with Crippen LogP contribution in [0.2, 0.25) is 0 Å². The zero-order valence-electron chi connectivity index (χ0n) is 13.6. The molecule has 0 aromatic heterocycles. The third-order valence-electron chi connectivity index (χ3n) is 4.19. The molecule has 0 heterocycles. The van der Waals surface area contributed by atoms with Crippen LogP contribution < -0.4 is 15.3 Å². The van der Waals surface area contributed by atoms with E-state index in [9.17, 15) is 0 Å². The molecule has 0 radical (unpaired) electrons. The highest BCUT2D eigenvalue weighted by Gasteiger charge is 2.04. The van der Waals surface area contributed by atoms with Gasteiger partial charge in [-0.2, -0.15) is 0 Å². The first-order valence-corrected chi connectivity index (χ1v) is 7.86. The van der Waals surface area contributed by atoms with Crippen molar-refractivity contribution in [2.24, 2.45) is 5.92 Å². The van der Waals surface area contributed by atoms with E-state index >= 15 is 0 Å². The van der Waals surface area contributed by atoms with Crippen molar-refractivity contribution in [2.75, 3.05) is 19.0 Å². The standard InChI is InChI=1S/C21H23N/c1-16-4-10-19-11-7-18(15-20(19)14-16)6-5-17-8-12-21(13-9-17)22(2)3/h4-6,8-15,18H,7H2,1-3H3/b6-5+/t18-/m1/s1. The van der Waals surface area contributed by atoms with Crippen LogP contribution >= 0.6 is 0 Å². The molecule has 0 bridgehead atoms. The van der Waals surface area contributed by atoms with Crippen molar-refractivity contribution in [1.82, 2.24) is 0 Å². The summed E-state index contributed by atoms with van der Waals surface area (Å²) in [4.78, 5) is 2.12. The van der Waals surface area contributed by atoms with Crippen LogP contribution in [0.1, 0.15) is 17.5 Å². The highest BCUT2D eigenvalue weighted by molar-refractivity contribution is 5.57. The Balaban J connectivity index is 1.79. The molecular weight excluding hydrogens is 266 g/mol. The Bertz CT molecular complexity index is 795. The molecule has 1 nitrogen and oxygen atoms in total. The monoisotopic (exact) mass is 289 g/mol. The van der Waals surface area contributed by atoms with Crippen LogP contribution in [0, 0.1) is 12.8 Å². The molecule has 0 unspecified atom stereocenters. The van der Waals surface area contributed by atoms with Crippen LogP contribution in [0.4, 0.5) is 5.69 Å². The van der Waals surface area contributed by atoms with Gasteiger partial charge in [0.25, 0.3) is 0 Å². The van der Waals surface area contributed by atoms with Crippen LogP contribution in [0.25, 0.3) is 18.2 Å². The van der Waals surface area contributed by atoms with Crippen molar-refractivity contribution in [2.45, 2.75) is 13.3 Å². The number of benzene rings is 2. The predicted molar refractivity (Wildman–Crippen MR) is 97.3 cm³/mol. The molecule has 0 saturated carbocycles. The summed E-state index contributed by atoms with van der Waals surface area (Å²) in [5.41, 5.74) is 3.82. The van der Waals surface area contributed by atoms with Crippen molar-refractivity contribution >= 4 is 23.9 Å². The van der Waals surface area contributed by atoms with Crippen molar-refractivity contribution in [3.05, 3.63) is 70.1 Å². The van der Waals surface area contributed by atoms with Crippen LogP contribution in [0.3, 0.4) is 0 Å². The lowest BCUT2D eigenvalue weighted by molar-refractivity contribution is 0.897. The van der Waals surface area contributed by atoms with Gasteiger partial charge >= 0.3 is 0 Å². The van der Waals surface area contributed by atoms with Gasteiger partial charge in [-0.1, -0.05) is 60.2 Å². The summed E-state index contributed by atoms with van der Waals surface area (Å²) < 4.78 is 0. The average molecular weight is 289 g/mol. The van der Waals surface area contributed by atoms with Gasteiger partial charge in [-0.25, -0.2) is 0 Å². The molecule has 112 valence electrons. The average Bonchev–Trinajstić information content (AvgIpc) is 2.53. The number of hydrogen-bond acceptors (Lipinski definition) is 1. The second-order valence-electron chi connectivity index (χ2n) is 6.25. The maximum atomic E-state index is 2.38. The fourth-order valence-corrected chi connectivity index (χ4v) is 2.84. The van der Waals surface area contributed by atoms with E-state index in [-0.39, 0.29) is 0 Å². The van der Waals surface area contributed by atoms with Gasteiger partial charge in [0.05, 0.1) is 0 Å². The third kappa shape index (κ3) is 3.30. The Labute approximate surface area is 132 Å². The number of fused-ring (bicyclic) bond motifs is 1. The van der Waals surface area contributed by atoms with E-state index in [1.165, 1.54) is 27.3 Å². The Kier molecular flexibility index (Phi) is 4.15. The molecule has 0 saturated heterocycles. The summed E-state index contributed by atoms with van der Waals surface area (Å²) in [5.74, 6) is 0.489. The topological polar surface area (TPSA) is 3.24 Å².